The Balaban J connectivity index is 1.34. The van der Waals surface area contributed by atoms with Crippen LogP contribution in [-0.4, -0.2) is 32.9 Å². The Labute approximate surface area is 157 Å². The van der Waals surface area contributed by atoms with Crippen LogP contribution < -0.4 is 5.32 Å². The zero-order valence-corrected chi connectivity index (χ0v) is 16.2. The van der Waals surface area contributed by atoms with Gasteiger partial charge in [0.25, 0.3) is 5.22 Å². The summed E-state index contributed by atoms with van der Waals surface area (Å²) in [6.07, 6.45) is 6.93. The van der Waals surface area contributed by atoms with Crippen molar-refractivity contribution >= 4 is 17.7 Å². The molecule has 3 atom stereocenters. The molecule has 7 heteroatoms. The maximum absolute atomic E-state index is 12.4. The number of carbonyl (C=O) groups excluding carboxylic acids is 1. The lowest BCUT2D eigenvalue weighted by Crippen LogP contribution is -2.47. The van der Waals surface area contributed by atoms with Crippen molar-refractivity contribution < 1.29 is 9.21 Å². The summed E-state index contributed by atoms with van der Waals surface area (Å²) in [6, 6.07) is 3.94. The Hall–Kier alpha value is -1.89. The summed E-state index contributed by atoms with van der Waals surface area (Å²) in [6.45, 7) is 7.03. The van der Waals surface area contributed by atoms with Gasteiger partial charge in [0.1, 0.15) is 0 Å². The van der Waals surface area contributed by atoms with E-state index in [0.717, 1.165) is 12.0 Å². The minimum atomic E-state index is 0.0331. The van der Waals surface area contributed by atoms with Crippen LogP contribution in [0.25, 0.3) is 11.5 Å². The topological polar surface area (TPSA) is 80.9 Å². The quantitative estimate of drug-likeness (QED) is 0.809. The zero-order chi connectivity index (χ0) is 18.4. The minimum absolute atomic E-state index is 0.0331. The lowest BCUT2D eigenvalue weighted by molar-refractivity contribution is -0.120. The largest absolute Gasteiger partial charge is 0.411 e. The summed E-state index contributed by atoms with van der Waals surface area (Å²) in [7, 11) is 0. The summed E-state index contributed by atoms with van der Waals surface area (Å²) >= 11 is 1.27. The Morgan fingerprint density at radius 2 is 2.23 bits per heavy atom. The fraction of sp³-hybridized carbons (Fsp3) is 0.579. The van der Waals surface area contributed by atoms with Gasteiger partial charge in [-0.2, -0.15) is 0 Å². The average Bonchev–Trinajstić information content (AvgIpc) is 3.24. The molecule has 0 radical (unpaired) electrons. The van der Waals surface area contributed by atoms with Crippen LogP contribution >= 0.6 is 11.8 Å². The molecule has 0 aliphatic heterocycles. The first-order valence-electron chi connectivity index (χ1n) is 9.06. The Kier molecular flexibility index (Phi) is 4.29. The van der Waals surface area contributed by atoms with Crippen LogP contribution in [-0.2, 0) is 4.79 Å². The normalized spacial score (nSPS) is 29.0. The molecule has 2 heterocycles. The second-order valence-corrected chi connectivity index (χ2v) is 9.06. The number of fused-ring (bicyclic) bond motifs is 2. The van der Waals surface area contributed by atoms with Crippen molar-refractivity contribution in [2.45, 2.75) is 51.3 Å². The molecular weight excluding hydrogens is 348 g/mol. The fourth-order valence-electron chi connectivity index (χ4n) is 4.66. The molecule has 2 aromatic heterocycles. The molecule has 1 N–H and O–H groups in total. The van der Waals surface area contributed by atoms with Gasteiger partial charge in [-0.15, -0.1) is 10.2 Å². The van der Waals surface area contributed by atoms with Crippen molar-refractivity contribution in [1.29, 1.82) is 0 Å². The minimum Gasteiger partial charge on any atom is -0.411 e. The summed E-state index contributed by atoms with van der Waals surface area (Å²) in [5.41, 5.74) is 1.26. The Morgan fingerprint density at radius 3 is 2.88 bits per heavy atom. The van der Waals surface area contributed by atoms with E-state index >= 15 is 0 Å². The van der Waals surface area contributed by atoms with Crippen LogP contribution in [0.4, 0.5) is 0 Å². The molecule has 0 aromatic carbocycles. The van der Waals surface area contributed by atoms with Crippen LogP contribution in [0, 0.1) is 16.7 Å². The molecule has 1 amide bonds. The number of amides is 1. The van der Waals surface area contributed by atoms with Crippen LogP contribution in [0.2, 0.25) is 0 Å². The lowest BCUT2D eigenvalue weighted by Gasteiger charge is -2.39. The van der Waals surface area contributed by atoms with E-state index in [4.69, 9.17) is 4.42 Å². The molecule has 3 unspecified atom stereocenters. The van der Waals surface area contributed by atoms with Gasteiger partial charge in [-0.1, -0.05) is 32.5 Å². The van der Waals surface area contributed by atoms with Crippen LogP contribution in [0.3, 0.4) is 0 Å². The predicted molar refractivity (Wildman–Crippen MR) is 99.4 cm³/mol. The molecule has 2 saturated carbocycles. The van der Waals surface area contributed by atoms with Gasteiger partial charge in [0.15, 0.2) is 0 Å². The maximum atomic E-state index is 12.4. The number of nitrogens with zero attached hydrogens (tertiary/aromatic N) is 3. The molecule has 6 nitrogen and oxygen atoms in total. The number of aromatic nitrogens is 3. The Bertz CT molecular complexity index is 807. The molecule has 138 valence electrons. The SMILES string of the molecule is CC1(C)C2CCC1(C)C(NC(=O)CSc1nnc(-c3cccnc3)o1)C2. The number of thioether (sulfide) groups is 1. The molecule has 0 saturated heterocycles. The first kappa shape index (κ1) is 17.5. The fourth-order valence-corrected chi connectivity index (χ4v) is 5.23. The van der Waals surface area contributed by atoms with Crippen LogP contribution in [0.15, 0.2) is 34.2 Å². The third kappa shape index (κ3) is 2.82. The predicted octanol–water partition coefficient (Wildman–Crippen LogP) is 3.55. The van der Waals surface area contributed by atoms with Gasteiger partial charge in [0.2, 0.25) is 11.8 Å². The van der Waals surface area contributed by atoms with Gasteiger partial charge < -0.3 is 9.73 Å². The van der Waals surface area contributed by atoms with Crippen molar-refractivity contribution in [3.05, 3.63) is 24.5 Å². The third-order valence-electron chi connectivity index (χ3n) is 6.77. The molecule has 2 aromatic rings. The van der Waals surface area contributed by atoms with Crippen LogP contribution in [0.1, 0.15) is 40.0 Å². The third-order valence-corrected chi connectivity index (χ3v) is 7.59. The van der Waals surface area contributed by atoms with E-state index in [1.54, 1.807) is 12.4 Å². The van der Waals surface area contributed by atoms with Gasteiger partial charge in [-0.25, -0.2) is 0 Å². The molecule has 2 fully saturated rings. The highest BCUT2D eigenvalue weighted by Crippen LogP contribution is 2.65. The Morgan fingerprint density at radius 1 is 1.38 bits per heavy atom. The van der Waals surface area contributed by atoms with Crippen molar-refractivity contribution in [2.24, 2.45) is 16.7 Å². The highest BCUT2D eigenvalue weighted by Gasteiger charge is 2.61. The molecule has 2 bridgehead atoms. The molecule has 2 aliphatic rings. The number of hydrogen-bond acceptors (Lipinski definition) is 6. The van der Waals surface area contributed by atoms with E-state index < -0.39 is 0 Å². The number of rotatable bonds is 5. The van der Waals surface area contributed by atoms with Gasteiger partial charge in [-0.3, -0.25) is 9.78 Å². The first-order chi connectivity index (χ1) is 12.4. The van der Waals surface area contributed by atoms with Gasteiger partial charge in [0, 0.05) is 18.4 Å². The van der Waals surface area contributed by atoms with Crippen molar-refractivity contribution in [3.63, 3.8) is 0 Å². The summed E-state index contributed by atoms with van der Waals surface area (Å²) < 4.78 is 5.61. The van der Waals surface area contributed by atoms with Gasteiger partial charge in [0.05, 0.1) is 11.3 Å². The highest BCUT2D eigenvalue weighted by molar-refractivity contribution is 7.99. The molecule has 2 aliphatic carbocycles. The molecular formula is C19H24N4O2S. The number of hydrogen-bond donors (Lipinski definition) is 1. The van der Waals surface area contributed by atoms with Crippen LogP contribution in [0.5, 0.6) is 0 Å². The van der Waals surface area contributed by atoms with E-state index in [2.05, 4.69) is 41.3 Å². The van der Waals surface area contributed by atoms with E-state index in [1.165, 1.54) is 24.6 Å². The monoisotopic (exact) mass is 372 g/mol. The average molecular weight is 372 g/mol. The summed E-state index contributed by atoms with van der Waals surface area (Å²) in [5, 5.41) is 11.7. The van der Waals surface area contributed by atoms with E-state index in [0.29, 0.717) is 22.4 Å². The van der Waals surface area contributed by atoms with Crippen molar-refractivity contribution in [3.8, 4) is 11.5 Å². The van der Waals surface area contributed by atoms with Gasteiger partial charge >= 0.3 is 0 Å². The van der Waals surface area contributed by atoms with Crippen molar-refractivity contribution in [1.82, 2.24) is 20.5 Å². The zero-order valence-electron chi connectivity index (χ0n) is 15.4. The number of pyridine rings is 1. The smallest absolute Gasteiger partial charge is 0.277 e. The standard InChI is InChI=1S/C19H24N4O2S/c1-18(2)13-6-7-19(18,3)14(9-13)21-15(24)11-26-17-23-22-16(25-17)12-5-4-8-20-10-12/h4-5,8,10,13-14H,6-7,9,11H2,1-3H3,(H,21,24). The molecule has 0 spiro atoms. The number of nitrogens with one attached hydrogen (secondary N) is 1. The van der Waals surface area contributed by atoms with Crippen molar-refractivity contribution in [2.75, 3.05) is 5.75 Å². The number of carbonyl (C=O) groups is 1. The second kappa shape index (κ2) is 6.37. The molecule has 26 heavy (non-hydrogen) atoms. The first-order valence-corrected chi connectivity index (χ1v) is 10.0. The lowest BCUT2D eigenvalue weighted by atomic mass is 9.69. The van der Waals surface area contributed by atoms with E-state index in [9.17, 15) is 4.79 Å². The van der Waals surface area contributed by atoms with E-state index in [-0.39, 0.29) is 23.1 Å². The summed E-state index contributed by atoms with van der Waals surface area (Å²) in [4.78, 5) is 16.5. The maximum Gasteiger partial charge on any atom is 0.277 e. The van der Waals surface area contributed by atoms with Gasteiger partial charge in [-0.05, 0) is 48.1 Å². The molecule has 4 rings (SSSR count). The highest BCUT2D eigenvalue weighted by atomic mass is 32.2. The van der Waals surface area contributed by atoms with E-state index in [1.807, 2.05) is 12.1 Å². The second-order valence-electron chi connectivity index (χ2n) is 8.13. The summed E-state index contributed by atoms with van der Waals surface area (Å²) in [5.74, 6) is 1.45.